The zero-order valence-corrected chi connectivity index (χ0v) is 16.7. The molecule has 4 aromatic rings. The summed E-state index contributed by atoms with van der Waals surface area (Å²) in [6, 6.07) is 12.3. The molecule has 0 bridgehead atoms. The van der Waals surface area contributed by atoms with Crippen LogP contribution in [0.5, 0.6) is 0 Å². The number of hydrogen-bond donors (Lipinski definition) is 0. The molecule has 9 heteroatoms. The zero-order chi connectivity index (χ0) is 20.6. The van der Waals surface area contributed by atoms with Gasteiger partial charge in [-0.05, 0) is 42.4 Å². The Balaban J connectivity index is 1.70. The SMILES string of the molecule is Cc1ccc(-c2ccc3nc(-c4cccnc4)sc3n2)cc1[S+]([O-])CC(F)(F)F. The summed E-state index contributed by atoms with van der Waals surface area (Å²) in [5, 5.41) is 0.786. The smallest absolute Gasteiger partial charge is 0.433 e. The topological polar surface area (TPSA) is 61.7 Å². The summed E-state index contributed by atoms with van der Waals surface area (Å²) >= 11 is -0.756. The van der Waals surface area contributed by atoms with Crippen LogP contribution in [0.15, 0.2) is 59.8 Å². The third kappa shape index (κ3) is 4.42. The number of thiazole rings is 1. The Hall–Kier alpha value is -2.49. The molecule has 148 valence electrons. The third-order valence-corrected chi connectivity index (χ3v) is 6.72. The van der Waals surface area contributed by atoms with E-state index < -0.39 is 23.1 Å². The fourth-order valence-electron chi connectivity index (χ4n) is 2.82. The van der Waals surface area contributed by atoms with E-state index in [2.05, 4.69) is 15.0 Å². The van der Waals surface area contributed by atoms with Gasteiger partial charge in [-0.2, -0.15) is 13.2 Å². The van der Waals surface area contributed by atoms with Gasteiger partial charge in [0, 0.05) is 35.2 Å². The number of hydrogen-bond acceptors (Lipinski definition) is 5. The van der Waals surface area contributed by atoms with Gasteiger partial charge in [0.25, 0.3) is 0 Å². The predicted octanol–water partition coefficient (Wildman–Crippen LogP) is 5.40. The van der Waals surface area contributed by atoms with Crippen molar-refractivity contribution >= 4 is 32.9 Å². The number of aromatic nitrogens is 3. The van der Waals surface area contributed by atoms with Gasteiger partial charge in [-0.1, -0.05) is 23.5 Å². The van der Waals surface area contributed by atoms with Crippen molar-refractivity contribution in [1.82, 2.24) is 15.0 Å². The van der Waals surface area contributed by atoms with Crippen LogP contribution < -0.4 is 0 Å². The van der Waals surface area contributed by atoms with Gasteiger partial charge >= 0.3 is 6.18 Å². The zero-order valence-electron chi connectivity index (χ0n) is 15.1. The second kappa shape index (κ2) is 7.74. The van der Waals surface area contributed by atoms with Crippen molar-refractivity contribution in [2.75, 3.05) is 5.75 Å². The van der Waals surface area contributed by atoms with Crippen LogP contribution in [0.2, 0.25) is 0 Å². The predicted molar refractivity (Wildman–Crippen MR) is 108 cm³/mol. The van der Waals surface area contributed by atoms with E-state index in [-0.39, 0.29) is 4.90 Å². The number of rotatable bonds is 4. The van der Waals surface area contributed by atoms with Crippen LogP contribution >= 0.6 is 11.3 Å². The lowest BCUT2D eigenvalue weighted by molar-refractivity contribution is -0.106. The minimum atomic E-state index is -4.49. The molecule has 4 rings (SSSR count). The highest BCUT2D eigenvalue weighted by atomic mass is 32.2. The molecule has 1 unspecified atom stereocenters. The van der Waals surface area contributed by atoms with Gasteiger partial charge in [-0.25, -0.2) is 9.97 Å². The molecule has 4 nitrogen and oxygen atoms in total. The molecule has 0 saturated carbocycles. The highest BCUT2D eigenvalue weighted by molar-refractivity contribution is 7.91. The molecule has 1 atom stereocenters. The first-order chi connectivity index (χ1) is 13.8. The first-order valence-electron chi connectivity index (χ1n) is 8.54. The Bertz CT molecular complexity index is 1160. The molecule has 1 aromatic carbocycles. The van der Waals surface area contributed by atoms with Crippen molar-refractivity contribution in [3.63, 3.8) is 0 Å². The molecular formula is C20H14F3N3OS2. The van der Waals surface area contributed by atoms with Crippen molar-refractivity contribution in [3.05, 3.63) is 60.4 Å². The average molecular weight is 433 g/mol. The first-order valence-corrected chi connectivity index (χ1v) is 10.7. The number of alkyl halides is 3. The summed E-state index contributed by atoms with van der Waals surface area (Å²) < 4.78 is 50.1. The van der Waals surface area contributed by atoms with Crippen LogP contribution in [-0.4, -0.2) is 31.4 Å². The maximum absolute atomic E-state index is 12.6. The number of aryl methyl sites for hydroxylation is 1. The van der Waals surface area contributed by atoms with Gasteiger partial charge in [-0.3, -0.25) is 4.98 Å². The Morgan fingerprint density at radius 3 is 2.62 bits per heavy atom. The van der Waals surface area contributed by atoms with Crippen molar-refractivity contribution < 1.29 is 17.7 Å². The van der Waals surface area contributed by atoms with E-state index in [9.17, 15) is 17.7 Å². The molecule has 0 aliphatic carbocycles. The molecule has 0 radical (unpaired) electrons. The number of halogens is 3. The standard InChI is InChI=1S/C20H14F3N3OS2/c1-12-4-5-13(9-17(12)29(27)11-20(21,22)23)15-6-7-16-19(25-15)28-18(26-16)14-3-2-8-24-10-14/h2-10H,11H2,1H3. The maximum Gasteiger partial charge on any atom is 0.433 e. The van der Waals surface area contributed by atoms with Crippen LogP contribution in [0.4, 0.5) is 13.2 Å². The maximum atomic E-state index is 12.6. The van der Waals surface area contributed by atoms with E-state index in [1.54, 1.807) is 37.5 Å². The van der Waals surface area contributed by atoms with E-state index in [4.69, 9.17) is 0 Å². The molecule has 29 heavy (non-hydrogen) atoms. The Kier molecular flexibility index (Phi) is 5.28. The van der Waals surface area contributed by atoms with Gasteiger partial charge in [0.15, 0.2) is 4.90 Å². The number of fused-ring (bicyclic) bond motifs is 1. The largest absolute Gasteiger partial charge is 0.611 e. The minimum Gasteiger partial charge on any atom is -0.611 e. The second-order valence-corrected chi connectivity index (χ2v) is 8.76. The molecule has 0 aliphatic heterocycles. The van der Waals surface area contributed by atoms with Crippen molar-refractivity contribution in [1.29, 1.82) is 0 Å². The van der Waals surface area contributed by atoms with Crippen molar-refractivity contribution in [3.8, 4) is 21.8 Å². The third-order valence-electron chi connectivity index (χ3n) is 4.19. The molecular weight excluding hydrogens is 419 g/mol. The molecule has 0 aliphatic rings. The summed E-state index contributed by atoms with van der Waals surface area (Å²) in [6.45, 7) is 1.65. The monoisotopic (exact) mass is 433 g/mol. The van der Waals surface area contributed by atoms with Crippen LogP contribution in [-0.2, 0) is 11.2 Å². The second-order valence-electron chi connectivity index (χ2n) is 6.37. The fourth-order valence-corrected chi connectivity index (χ4v) is 4.89. The number of benzene rings is 1. The number of pyridine rings is 2. The van der Waals surface area contributed by atoms with Gasteiger partial charge in [0.2, 0.25) is 5.75 Å². The normalized spacial score (nSPS) is 13.0. The van der Waals surface area contributed by atoms with Crippen LogP contribution in [0, 0.1) is 6.92 Å². The van der Waals surface area contributed by atoms with E-state index >= 15 is 0 Å². The van der Waals surface area contributed by atoms with Crippen LogP contribution in [0.25, 0.3) is 32.2 Å². The minimum absolute atomic E-state index is 0.169. The van der Waals surface area contributed by atoms with Gasteiger partial charge in [0.1, 0.15) is 15.4 Å². The summed E-state index contributed by atoms with van der Waals surface area (Å²) in [7, 11) is 0. The summed E-state index contributed by atoms with van der Waals surface area (Å²) in [4.78, 5) is 14.1. The van der Waals surface area contributed by atoms with E-state index in [1.165, 1.54) is 17.4 Å². The lowest BCUT2D eigenvalue weighted by Gasteiger charge is -2.15. The van der Waals surface area contributed by atoms with Gasteiger partial charge in [-0.15, -0.1) is 0 Å². The lowest BCUT2D eigenvalue weighted by atomic mass is 10.1. The van der Waals surface area contributed by atoms with Crippen molar-refractivity contribution in [2.24, 2.45) is 0 Å². The molecule has 3 aromatic heterocycles. The van der Waals surface area contributed by atoms with Gasteiger partial charge in [0.05, 0.1) is 5.69 Å². The Morgan fingerprint density at radius 1 is 1.07 bits per heavy atom. The number of nitrogens with zero attached hydrogens (tertiary/aromatic N) is 3. The molecule has 0 N–H and O–H groups in total. The van der Waals surface area contributed by atoms with E-state index in [0.29, 0.717) is 21.7 Å². The molecule has 3 heterocycles. The molecule has 0 spiro atoms. The first kappa shape index (κ1) is 19.8. The van der Waals surface area contributed by atoms with E-state index in [1.807, 2.05) is 18.2 Å². The highest BCUT2D eigenvalue weighted by Gasteiger charge is 2.36. The summed E-state index contributed by atoms with van der Waals surface area (Å²) in [5.41, 5.74) is 3.36. The average Bonchev–Trinajstić information content (AvgIpc) is 3.11. The van der Waals surface area contributed by atoms with Gasteiger partial charge < -0.3 is 4.55 Å². The summed E-state index contributed by atoms with van der Waals surface area (Å²) in [6.07, 6.45) is -1.08. The fraction of sp³-hybridized carbons (Fsp3) is 0.150. The summed E-state index contributed by atoms with van der Waals surface area (Å²) in [5.74, 6) is -1.37. The molecule has 0 fully saturated rings. The molecule has 0 saturated heterocycles. The van der Waals surface area contributed by atoms with Crippen molar-refractivity contribution in [2.45, 2.75) is 18.0 Å². The Morgan fingerprint density at radius 2 is 1.90 bits per heavy atom. The van der Waals surface area contributed by atoms with E-state index in [0.717, 1.165) is 16.1 Å². The lowest BCUT2D eigenvalue weighted by Crippen LogP contribution is -2.23. The molecule has 0 amide bonds. The van der Waals surface area contributed by atoms with Crippen LogP contribution in [0.1, 0.15) is 5.56 Å². The highest BCUT2D eigenvalue weighted by Crippen LogP contribution is 2.32. The quantitative estimate of drug-likeness (QED) is 0.405. The van der Waals surface area contributed by atoms with Crippen LogP contribution in [0.3, 0.4) is 0 Å². The Labute approximate surface area is 171 Å².